The van der Waals surface area contributed by atoms with Crippen molar-refractivity contribution in [3.05, 3.63) is 101 Å². The summed E-state index contributed by atoms with van der Waals surface area (Å²) >= 11 is 6.09. The van der Waals surface area contributed by atoms with Gasteiger partial charge in [0.2, 0.25) is 11.8 Å². The third-order valence-electron chi connectivity index (χ3n) is 5.28. The lowest BCUT2D eigenvalue weighted by Gasteiger charge is -2.28. The largest absolute Gasteiger partial charge is 0.473 e. The van der Waals surface area contributed by atoms with Gasteiger partial charge >= 0.3 is 0 Å². The Hall–Kier alpha value is -3.11. The molecule has 1 N–H and O–H groups in total. The van der Waals surface area contributed by atoms with Crippen LogP contribution in [0.15, 0.2) is 79.5 Å². The van der Waals surface area contributed by atoms with Crippen LogP contribution in [0.25, 0.3) is 0 Å². The molecule has 0 aliphatic heterocycles. The second-order valence-electron chi connectivity index (χ2n) is 7.15. The summed E-state index contributed by atoms with van der Waals surface area (Å²) in [6.07, 6.45) is 4.55. The Morgan fingerprint density at radius 3 is 2.38 bits per heavy atom. The number of amides is 1. The molecule has 1 aliphatic carbocycles. The topological polar surface area (TPSA) is 51.2 Å². The first-order valence-corrected chi connectivity index (χ1v) is 9.82. The van der Waals surface area contributed by atoms with Gasteiger partial charge in [-0.3, -0.25) is 4.79 Å². The average Bonchev–Trinajstić information content (AvgIpc) is 3.14. The van der Waals surface area contributed by atoms with E-state index in [2.05, 4.69) is 29.0 Å². The minimum Gasteiger partial charge on any atom is -0.473 e. The van der Waals surface area contributed by atoms with E-state index in [9.17, 15) is 4.79 Å². The van der Waals surface area contributed by atoms with Crippen molar-refractivity contribution >= 4 is 23.2 Å². The van der Waals surface area contributed by atoms with Crippen molar-refractivity contribution in [2.24, 2.45) is 0 Å². The maximum absolute atomic E-state index is 13.5. The highest BCUT2D eigenvalue weighted by Gasteiger charge is 2.45. The summed E-state index contributed by atoms with van der Waals surface area (Å²) in [7, 11) is 0. The molecule has 1 amide bonds. The van der Waals surface area contributed by atoms with Crippen LogP contribution in [-0.4, -0.2) is 17.5 Å². The lowest BCUT2D eigenvalue weighted by atomic mass is 9.76. The van der Waals surface area contributed by atoms with E-state index in [1.54, 1.807) is 24.4 Å². The molecule has 4 rings (SSSR count). The number of benzene rings is 2. The maximum Gasteiger partial charge on any atom is 0.235 e. The molecule has 0 fully saturated rings. The van der Waals surface area contributed by atoms with Crippen LogP contribution in [0.5, 0.6) is 5.88 Å². The predicted octanol–water partition coefficient (Wildman–Crippen LogP) is 4.98. The first-order valence-electron chi connectivity index (χ1n) is 9.45. The van der Waals surface area contributed by atoms with Crippen LogP contribution < -0.4 is 10.1 Å². The molecule has 0 bridgehead atoms. The van der Waals surface area contributed by atoms with E-state index in [-0.39, 0.29) is 5.91 Å². The Kier molecular flexibility index (Phi) is 5.36. The summed E-state index contributed by atoms with van der Waals surface area (Å²) < 4.78 is 5.40. The van der Waals surface area contributed by atoms with Crippen LogP contribution in [0, 0.1) is 0 Å². The number of pyridine rings is 1. The second kappa shape index (κ2) is 8.10. The molecule has 3 aromatic rings. The summed E-state index contributed by atoms with van der Waals surface area (Å²) in [5, 5.41) is 3.70. The summed E-state index contributed by atoms with van der Waals surface area (Å²) in [5.74, 6) is 0.432. The zero-order chi connectivity index (χ0) is 20.3. The normalized spacial score (nSPS) is 14.1. The minimum absolute atomic E-state index is 0.0578. The van der Waals surface area contributed by atoms with Gasteiger partial charge in [-0.05, 0) is 47.7 Å². The highest BCUT2D eigenvalue weighted by molar-refractivity contribution is 6.30. The van der Waals surface area contributed by atoms with Crippen molar-refractivity contribution in [1.29, 1.82) is 0 Å². The van der Waals surface area contributed by atoms with Crippen LogP contribution in [0.1, 0.15) is 16.7 Å². The molecule has 1 heterocycles. The number of carbonyl (C=O) groups excluding carboxylic acids is 1. The maximum atomic E-state index is 13.5. The number of hydrogen-bond acceptors (Lipinski definition) is 3. The Balaban J connectivity index is 1.63. The van der Waals surface area contributed by atoms with E-state index >= 15 is 0 Å². The fourth-order valence-corrected chi connectivity index (χ4v) is 3.94. The summed E-state index contributed by atoms with van der Waals surface area (Å²) in [6.45, 7) is 4.00. The van der Waals surface area contributed by atoms with Crippen molar-refractivity contribution in [1.82, 2.24) is 4.98 Å². The fraction of sp³-hybridized carbons (Fsp3) is 0.167. The lowest BCUT2D eigenvalue weighted by Crippen LogP contribution is -2.41. The van der Waals surface area contributed by atoms with E-state index in [0.29, 0.717) is 36.0 Å². The van der Waals surface area contributed by atoms with Gasteiger partial charge in [-0.2, -0.15) is 0 Å². The third-order valence-corrected chi connectivity index (χ3v) is 5.53. The van der Waals surface area contributed by atoms with Gasteiger partial charge in [0.15, 0.2) is 0 Å². The summed E-state index contributed by atoms with van der Waals surface area (Å²) in [6, 6.07) is 19.3. The number of anilines is 1. The Bertz CT molecular complexity index is 1000. The molecule has 29 heavy (non-hydrogen) atoms. The quantitative estimate of drug-likeness (QED) is 0.590. The van der Waals surface area contributed by atoms with E-state index in [4.69, 9.17) is 16.3 Å². The third kappa shape index (κ3) is 3.89. The van der Waals surface area contributed by atoms with Crippen LogP contribution >= 0.6 is 11.6 Å². The van der Waals surface area contributed by atoms with E-state index in [1.807, 2.05) is 36.4 Å². The number of halogens is 1. The van der Waals surface area contributed by atoms with E-state index in [0.717, 1.165) is 5.56 Å². The molecule has 0 saturated heterocycles. The lowest BCUT2D eigenvalue weighted by molar-refractivity contribution is -0.121. The molecule has 1 aliphatic rings. The highest BCUT2D eigenvalue weighted by atomic mass is 35.5. The van der Waals surface area contributed by atoms with Crippen LogP contribution in [-0.2, 0) is 23.1 Å². The van der Waals surface area contributed by atoms with E-state index < -0.39 is 5.41 Å². The van der Waals surface area contributed by atoms with Crippen LogP contribution in [0.4, 0.5) is 5.69 Å². The number of hydrogen-bond donors (Lipinski definition) is 1. The number of fused-ring (bicyclic) bond motifs is 1. The van der Waals surface area contributed by atoms with Crippen LogP contribution in [0.2, 0.25) is 5.02 Å². The molecule has 5 heteroatoms. The molecule has 146 valence electrons. The molecule has 4 nitrogen and oxygen atoms in total. The van der Waals surface area contributed by atoms with Gasteiger partial charge in [-0.1, -0.05) is 60.7 Å². The van der Waals surface area contributed by atoms with Gasteiger partial charge < -0.3 is 10.1 Å². The molecule has 0 atom stereocenters. The highest BCUT2D eigenvalue weighted by Crippen LogP contribution is 2.41. The summed E-state index contributed by atoms with van der Waals surface area (Å²) in [4.78, 5) is 17.8. The SMILES string of the molecule is C=CCOc1ccc(NC(=O)C2(c3ccc(Cl)cc3)Cc3ccccc3C2)cn1. The van der Waals surface area contributed by atoms with Gasteiger partial charge in [0.25, 0.3) is 0 Å². The number of rotatable bonds is 6. The Labute approximate surface area is 175 Å². The smallest absolute Gasteiger partial charge is 0.235 e. The molecular weight excluding hydrogens is 384 g/mol. The number of aromatic nitrogens is 1. The second-order valence-corrected chi connectivity index (χ2v) is 7.59. The molecule has 0 unspecified atom stereocenters. The molecule has 0 radical (unpaired) electrons. The summed E-state index contributed by atoms with van der Waals surface area (Å²) in [5.41, 5.74) is 3.29. The molecule has 0 spiro atoms. The number of nitrogens with one attached hydrogen (secondary N) is 1. The number of ether oxygens (including phenoxy) is 1. The van der Waals surface area contributed by atoms with Crippen molar-refractivity contribution in [2.45, 2.75) is 18.3 Å². The average molecular weight is 405 g/mol. The van der Waals surface area contributed by atoms with Crippen molar-refractivity contribution < 1.29 is 9.53 Å². The van der Waals surface area contributed by atoms with Gasteiger partial charge in [-0.15, -0.1) is 0 Å². The minimum atomic E-state index is -0.688. The Morgan fingerprint density at radius 2 is 1.79 bits per heavy atom. The molecule has 1 aromatic heterocycles. The first kappa shape index (κ1) is 19.2. The van der Waals surface area contributed by atoms with Crippen LogP contribution in [0.3, 0.4) is 0 Å². The van der Waals surface area contributed by atoms with E-state index in [1.165, 1.54) is 11.1 Å². The monoisotopic (exact) mass is 404 g/mol. The molecule has 2 aromatic carbocycles. The standard InChI is InChI=1S/C24H21ClN2O2/c1-2-13-29-22-12-11-21(16-26-22)27-23(28)24(19-7-9-20(25)10-8-19)14-17-5-3-4-6-18(17)15-24/h2-12,16H,1,13-15H2,(H,27,28). The number of carbonyl (C=O) groups is 1. The predicted molar refractivity (Wildman–Crippen MR) is 116 cm³/mol. The van der Waals surface area contributed by atoms with Gasteiger partial charge in [0.1, 0.15) is 6.61 Å². The van der Waals surface area contributed by atoms with Gasteiger partial charge in [0, 0.05) is 11.1 Å². The zero-order valence-corrected chi connectivity index (χ0v) is 16.7. The fourth-order valence-electron chi connectivity index (χ4n) is 3.81. The molecular formula is C24H21ClN2O2. The first-order chi connectivity index (χ1) is 14.1. The Morgan fingerprint density at radius 1 is 1.10 bits per heavy atom. The van der Waals surface area contributed by atoms with Gasteiger partial charge in [0.05, 0.1) is 17.3 Å². The zero-order valence-electron chi connectivity index (χ0n) is 15.9. The van der Waals surface area contributed by atoms with Crippen molar-refractivity contribution in [3.8, 4) is 5.88 Å². The number of nitrogens with zero attached hydrogens (tertiary/aromatic N) is 1. The van der Waals surface area contributed by atoms with Crippen molar-refractivity contribution in [2.75, 3.05) is 11.9 Å². The van der Waals surface area contributed by atoms with Gasteiger partial charge in [-0.25, -0.2) is 4.98 Å². The van der Waals surface area contributed by atoms with Crippen molar-refractivity contribution in [3.63, 3.8) is 0 Å². The molecule has 0 saturated carbocycles.